The van der Waals surface area contributed by atoms with Gasteiger partial charge in [-0.25, -0.2) is 0 Å². The number of carbonyl (C=O) groups is 2. The van der Waals surface area contributed by atoms with E-state index in [0.717, 1.165) is 19.4 Å². The maximum atomic E-state index is 12.2. The van der Waals surface area contributed by atoms with Crippen LogP contribution in [-0.4, -0.2) is 18.2 Å². The van der Waals surface area contributed by atoms with Gasteiger partial charge in [0, 0.05) is 12.5 Å². The van der Waals surface area contributed by atoms with Crippen LogP contribution in [0.5, 0.6) is 0 Å². The first kappa shape index (κ1) is 14.4. The van der Waals surface area contributed by atoms with E-state index >= 15 is 0 Å². The van der Waals surface area contributed by atoms with Crippen molar-refractivity contribution in [1.82, 2.24) is 0 Å². The van der Waals surface area contributed by atoms with Crippen LogP contribution in [0.2, 0.25) is 0 Å². The van der Waals surface area contributed by atoms with Crippen LogP contribution in [0, 0.1) is 11.3 Å². The minimum atomic E-state index is -0.570. The number of hydrogen-bond acceptors (Lipinski definition) is 5. The minimum Gasteiger partial charge on any atom is -0.397 e. The molecule has 0 aromatic carbocycles. The van der Waals surface area contributed by atoms with Crippen LogP contribution >= 0.6 is 11.3 Å². The Labute approximate surface area is 128 Å². The summed E-state index contributed by atoms with van der Waals surface area (Å²) < 4.78 is 0. The van der Waals surface area contributed by atoms with Crippen LogP contribution in [0.25, 0.3) is 0 Å². The number of primary amides is 1. The van der Waals surface area contributed by atoms with Crippen LogP contribution in [0.1, 0.15) is 59.1 Å². The summed E-state index contributed by atoms with van der Waals surface area (Å²) in [6, 6.07) is 0. The number of hydrogen-bond donors (Lipinski definition) is 3. The Kier molecular flexibility index (Phi) is 3.43. The molecule has 0 atom stereocenters. The highest BCUT2D eigenvalue weighted by Gasteiger charge is 2.36. The molecule has 1 aromatic heterocycles. The zero-order chi connectivity index (χ0) is 15.2. The van der Waals surface area contributed by atoms with Crippen LogP contribution in [0.3, 0.4) is 0 Å². The van der Waals surface area contributed by atoms with Gasteiger partial charge in [-0.2, -0.15) is 0 Å². The Morgan fingerprint density at radius 3 is 2.52 bits per heavy atom. The van der Waals surface area contributed by atoms with Gasteiger partial charge < -0.3 is 16.8 Å². The molecule has 2 saturated carbocycles. The second-order valence-corrected chi connectivity index (χ2v) is 7.59. The quantitative estimate of drug-likeness (QED) is 0.704. The monoisotopic (exact) mass is 307 g/mol. The fraction of sp³-hybridized carbons (Fsp3) is 0.600. The fourth-order valence-corrected chi connectivity index (χ4v) is 3.92. The zero-order valence-electron chi connectivity index (χ0n) is 12.2. The van der Waals surface area contributed by atoms with Gasteiger partial charge in [0.2, 0.25) is 0 Å². The van der Waals surface area contributed by atoms with E-state index in [1.165, 1.54) is 30.6 Å². The van der Waals surface area contributed by atoms with Crippen LogP contribution in [0.15, 0.2) is 0 Å². The van der Waals surface area contributed by atoms with E-state index < -0.39 is 5.91 Å². The number of thiophene rings is 1. The lowest BCUT2D eigenvalue weighted by Crippen LogP contribution is -2.33. The van der Waals surface area contributed by atoms with E-state index in [1.807, 2.05) is 0 Å². The van der Waals surface area contributed by atoms with Crippen molar-refractivity contribution >= 4 is 33.7 Å². The summed E-state index contributed by atoms with van der Waals surface area (Å²) in [6.07, 6.45) is 5.45. The number of carbonyl (C=O) groups excluding carboxylic acids is 2. The highest BCUT2D eigenvalue weighted by Crippen LogP contribution is 2.44. The molecule has 1 amide bonds. The van der Waals surface area contributed by atoms with E-state index in [9.17, 15) is 9.59 Å². The molecule has 114 valence electrons. The molecular weight excluding hydrogens is 286 g/mol. The van der Waals surface area contributed by atoms with E-state index in [0.29, 0.717) is 9.88 Å². The molecule has 5 nitrogen and oxygen atoms in total. The number of nitrogen functional groups attached to an aromatic ring is 1. The maximum absolute atomic E-state index is 12.2. The molecule has 0 saturated heterocycles. The molecule has 2 aliphatic carbocycles. The summed E-state index contributed by atoms with van der Waals surface area (Å²) in [6.45, 7) is 3.00. The predicted molar refractivity (Wildman–Crippen MR) is 84.8 cm³/mol. The van der Waals surface area contributed by atoms with Crippen LogP contribution in [-0.2, 0) is 0 Å². The molecular formula is C15H21N3O2S. The third-order valence-corrected chi connectivity index (χ3v) is 5.78. The molecule has 21 heavy (non-hydrogen) atoms. The number of amides is 1. The van der Waals surface area contributed by atoms with Crippen molar-refractivity contribution in [3.63, 3.8) is 0 Å². The van der Waals surface area contributed by atoms with Gasteiger partial charge in [-0.1, -0.05) is 13.3 Å². The second-order valence-electron chi connectivity index (χ2n) is 6.57. The van der Waals surface area contributed by atoms with E-state index in [-0.39, 0.29) is 28.4 Å². The normalized spacial score (nSPS) is 19.9. The molecule has 6 heteroatoms. The average molecular weight is 307 g/mol. The second kappa shape index (κ2) is 5.02. The number of ketones is 1. The number of nitrogens with two attached hydrogens (primary N) is 2. The zero-order valence-corrected chi connectivity index (χ0v) is 13.0. The van der Waals surface area contributed by atoms with Crippen molar-refractivity contribution in [2.45, 2.75) is 39.0 Å². The first-order valence-corrected chi connectivity index (χ1v) is 8.23. The Bertz CT molecular complexity index is 600. The molecule has 1 heterocycles. The molecule has 1 aromatic rings. The summed E-state index contributed by atoms with van der Waals surface area (Å²) in [7, 11) is 0. The van der Waals surface area contributed by atoms with E-state index in [2.05, 4.69) is 12.2 Å². The topological polar surface area (TPSA) is 98.2 Å². The molecule has 2 aliphatic rings. The largest absolute Gasteiger partial charge is 0.397 e. The summed E-state index contributed by atoms with van der Waals surface area (Å²) in [4.78, 5) is 24.4. The van der Waals surface area contributed by atoms with Crippen LogP contribution < -0.4 is 16.8 Å². The van der Waals surface area contributed by atoms with E-state index in [4.69, 9.17) is 11.5 Å². The standard InChI is InChI=1S/C15H21N3O2S/c1-15(5-2-6-15)7-18-14-9(13(17)20)10(16)12(21-14)11(19)8-3-4-8/h8,18H,2-7,16H2,1H3,(H2,17,20). The fourth-order valence-electron chi connectivity index (χ4n) is 2.78. The van der Waals surface area contributed by atoms with Crippen molar-refractivity contribution in [2.24, 2.45) is 17.1 Å². The molecule has 0 aliphatic heterocycles. The SMILES string of the molecule is CC1(CNc2sc(C(=O)C3CC3)c(N)c2C(N)=O)CCC1. The molecule has 0 bridgehead atoms. The summed E-state index contributed by atoms with van der Waals surface area (Å²) in [5.41, 5.74) is 12.3. The summed E-state index contributed by atoms with van der Waals surface area (Å²) in [5.74, 6) is -0.425. The maximum Gasteiger partial charge on any atom is 0.253 e. The van der Waals surface area contributed by atoms with Gasteiger partial charge in [0.1, 0.15) is 5.00 Å². The van der Waals surface area contributed by atoms with Crippen molar-refractivity contribution in [2.75, 3.05) is 17.6 Å². The molecule has 0 radical (unpaired) electrons. The van der Waals surface area contributed by atoms with Crippen molar-refractivity contribution in [1.29, 1.82) is 0 Å². The molecule has 0 unspecified atom stereocenters. The molecule has 5 N–H and O–H groups in total. The highest BCUT2D eigenvalue weighted by atomic mass is 32.1. The lowest BCUT2D eigenvalue weighted by molar-refractivity contribution is 0.0972. The molecule has 2 fully saturated rings. The lowest BCUT2D eigenvalue weighted by atomic mass is 9.70. The number of nitrogens with one attached hydrogen (secondary N) is 1. The van der Waals surface area contributed by atoms with E-state index in [1.54, 1.807) is 0 Å². The Balaban J connectivity index is 1.85. The summed E-state index contributed by atoms with van der Waals surface area (Å²) >= 11 is 1.28. The lowest BCUT2D eigenvalue weighted by Gasteiger charge is -2.38. The predicted octanol–water partition coefficient (Wildman–Crippen LogP) is 2.62. The minimum absolute atomic E-state index is 0.0582. The van der Waals surface area contributed by atoms with Crippen molar-refractivity contribution in [3.8, 4) is 0 Å². The van der Waals surface area contributed by atoms with Gasteiger partial charge in [0.25, 0.3) is 5.91 Å². The van der Waals surface area contributed by atoms with Gasteiger partial charge in [-0.15, -0.1) is 11.3 Å². The smallest absolute Gasteiger partial charge is 0.253 e. The van der Waals surface area contributed by atoms with Crippen molar-refractivity contribution in [3.05, 3.63) is 10.4 Å². The molecule has 0 spiro atoms. The first-order valence-electron chi connectivity index (χ1n) is 7.41. The summed E-state index contributed by atoms with van der Waals surface area (Å²) in [5, 5.41) is 3.95. The van der Waals surface area contributed by atoms with Gasteiger partial charge in [0.15, 0.2) is 5.78 Å². The van der Waals surface area contributed by atoms with Gasteiger partial charge in [-0.05, 0) is 31.1 Å². The Morgan fingerprint density at radius 1 is 1.38 bits per heavy atom. The number of rotatable bonds is 6. The van der Waals surface area contributed by atoms with Gasteiger partial charge in [-0.3, -0.25) is 9.59 Å². The third-order valence-electron chi connectivity index (χ3n) is 4.60. The number of anilines is 2. The van der Waals surface area contributed by atoms with Crippen molar-refractivity contribution < 1.29 is 9.59 Å². The number of Topliss-reactive ketones (excluding diaryl/α,β-unsaturated/α-hetero) is 1. The van der Waals surface area contributed by atoms with Gasteiger partial charge >= 0.3 is 0 Å². The third kappa shape index (κ3) is 2.64. The van der Waals surface area contributed by atoms with Crippen LogP contribution in [0.4, 0.5) is 10.7 Å². The molecule has 3 rings (SSSR count). The first-order chi connectivity index (χ1) is 9.91. The highest BCUT2D eigenvalue weighted by molar-refractivity contribution is 7.19. The Morgan fingerprint density at radius 2 is 2.05 bits per heavy atom. The van der Waals surface area contributed by atoms with Gasteiger partial charge in [0.05, 0.1) is 16.1 Å². The Hall–Kier alpha value is -1.56. The average Bonchev–Trinajstić information content (AvgIpc) is 3.17.